The van der Waals surface area contributed by atoms with E-state index in [-0.39, 0.29) is 24.5 Å². The summed E-state index contributed by atoms with van der Waals surface area (Å²) >= 11 is 1.20. The van der Waals surface area contributed by atoms with Crippen LogP contribution in [0.25, 0.3) is 0 Å². The molecule has 2 saturated heterocycles. The fourth-order valence-electron chi connectivity index (χ4n) is 3.70. The number of terminal acetylenes is 1. The molecular formula is C22H22N4O4S. The molecule has 2 aliphatic rings. The van der Waals surface area contributed by atoms with Crippen LogP contribution in [0.4, 0.5) is 16.2 Å². The van der Waals surface area contributed by atoms with Crippen molar-refractivity contribution in [1.82, 2.24) is 10.6 Å². The van der Waals surface area contributed by atoms with Gasteiger partial charge in [0.15, 0.2) is 0 Å². The van der Waals surface area contributed by atoms with E-state index in [0.717, 1.165) is 11.3 Å². The molecule has 0 radical (unpaired) electrons. The van der Waals surface area contributed by atoms with Crippen molar-refractivity contribution in [3.05, 3.63) is 45.6 Å². The molecule has 0 aliphatic carbocycles. The van der Waals surface area contributed by atoms with Crippen LogP contribution in [0.1, 0.15) is 26.5 Å². The van der Waals surface area contributed by atoms with Gasteiger partial charge in [0, 0.05) is 37.5 Å². The first-order chi connectivity index (χ1) is 14.9. The molecule has 2 aromatic rings. The van der Waals surface area contributed by atoms with E-state index in [1.165, 1.54) is 11.3 Å². The smallest absolute Gasteiger partial charge is 0.322 e. The standard InChI is InChI=1S/C22H22N4O4S/c1-3-16-5-7-18(31-16)19(27)25-22(8-11-30-13-22)20(28)24-15-4-6-17(14(2)12-15)26-10-9-23-21(26)29/h1,4-7,12H,8-11,13H2,2H3,(H,23,29)(H,24,28)(H,25,27). The molecule has 0 saturated carbocycles. The van der Waals surface area contributed by atoms with E-state index >= 15 is 0 Å². The Hall–Kier alpha value is -3.35. The van der Waals surface area contributed by atoms with Crippen molar-refractivity contribution in [2.45, 2.75) is 18.9 Å². The van der Waals surface area contributed by atoms with Crippen molar-refractivity contribution in [3.63, 3.8) is 0 Å². The lowest BCUT2D eigenvalue weighted by molar-refractivity contribution is -0.122. The Labute approximate surface area is 184 Å². The quantitative estimate of drug-likeness (QED) is 0.623. The number of carbonyl (C=O) groups excluding carboxylic acids is 3. The Morgan fingerprint density at radius 2 is 2.16 bits per heavy atom. The van der Waals surface area contributed by atoms with Crippen molar-refractivity contribution in [2.75, 3.05) is 36.5 Å². The summed E-state index contributed by atoms with van der Waals surface area (Å²) in [7, 11) is 0. The fourth-order valence-corrected chi connectivity index (χ4v) is 4.42. The third kappa shape index (κ3) is 4.13. The van der Waals surface area contributed by atoms with Crippen LogP contribution in [0.5, 0.6) is 0 Å². The molecule has 1 unspecified atom stereocenters. The number of hydrogen-bond acceptors (Lipinski definition) is 5. The molecule has 2 aliphatic heterocycles. The third-order valence-corrected chi connectivity index (χ3v) is 6.40. The van der Waals surface area contributed by atoms with Crippen molar-refractivity contribution in [2.24, 2.45) is 0 Å². The topological polar surface area (TPSA) is 99.8 Å². The van der Waals surface area contributed by atoms with Gasteiger partial charge in [0.05, 0.1) is 16.4 Å². The lowest BCUT2D eigenvalue weighted by atomic mass is 9.96. The first kappa shape index (κ1) is 20.9. The van der Waals surface area contributed by atoms with Crippen molar-refractivity contribution in [1.29, 1.82) is 0 Å². The Kier molecular flexibility index (Phi) is 5.67. The molecule has 0 bridgehead atoms. The number of urea groups is 1. The van der Waals surface area contributed by atoms with E-state index in [1.807, 2.05) is 13.0 Å². The van der Waals surface area contributed by atoms with Crippen molar-refractivity contribution in [3.8, 4) is 12.3 Å². The number of amides is 4. The Bertz CT molecular complexity index is 1080. The fraction of sp³-hybridized carbons (Fsp3) is 0.318. The minimum Gasteiger partial charge on any atom is -0.378 e. The maximum absolute atomic E-state index is 13.2. The van der Waals surface area contributed by atoms with Gasteiger partial charge in [0.2, 0.25) is 0 Å². The largest absolute Gasteiger partial charge is 0.378 e. The molecule has 0 spiro atoms. The molecule has 8 nitrogen and oxygen atoms in total. The summed E-state index contributed by atoms with van der Waals surface area (Å²) in [5, 5.41) is 8.51. The number of hydrogen-bond donors (Lipinski definition) is 3. The number of benzene rings is 1. The highest BCUT2D eigenvalue weighted by Crippen LogP contribution is 2.27. The van der Waals surface area contributed by atoms with Crippen LogP contribution in [-0.2, 0) is 9.53 Å². The summed E-state index contributed by atoms with van der Waals surface area (Å²) in [6.07, 6.45) is 5.74. The summed E-state index contributed by atoms with van der Waals surface area (Å²) in [4.78, 5) is 40.6. The number of ether oxygens (including phenoxy) is 1. The predicted molar refractivity (Wildman–Crippen MR) is 118 cm³/mol. The second-order valence-corrected chi connectivity index (χ2v) is 8.57. The molecule has 1 aromatic carbocycles. The molecule has 1 atom stereocenters. The minimum atomic E-state index is -1.17. The van der Waals surface area contributed by atoms with E-state index in [9.17, 15) is 14.4 Å². The van der Waals surface area contributed by atoms with Gasteiger partial charge in [-0.25, -0.2) is 4.79 Å². The van der Waals surface area contributed by atoms with Crippen LogP contribution in [-0.4, -0.2) is 49.7 Å². The number of thiophene rings is 1. The summed E-state index contributed by atoms with van der Waals surface area (Å²) < 4.78 is 5.45. The molecule has 160 valence electrons. The molecule has 9 heteroatoms. The zero-order valence-corrected chi connectivity index (χ0v) is 17.8. The van der Waals surface area contributed by atoms with Gasteiger partial charge in [0.1, 0.15) is 5.54 Å². The molecule has 2 fully saturated rings. The summed E-state index contributed by atoms with van der Waals surface area (Å²) in [5.74, 6) is 1.79. The average Bonchev–Trinajstić information content (AvgIpc) is 3.49. The van der Waals surface area contributed by atoms with E-state index in [1.54, 1.807) is 29.2 Å². The summed E-state index contributed by atoms with van der Waals surface area (Å²) in [6, 6.07) is 8.57. The molecule has 3 N–H and O–H groups in total. The van der Waals surface area contributed by atoms with Gasteiger partial charge in [-0.05, 0) is 42.8 Å². The summed E-state index contributed by atoms with van der Waals surface area (Å²) in [6.45, 7) is 3.54. The Morgan fingerprint density at radius 1 is 1.32 bits per heavy atom. The molecule has 4 amide bonds. The minimum absolute atomic E-state index is 0.0863. The van der Waals surface area contributed by atoms with Crippen LogP contribution in [0, 0.1) is 19.3 Å². The molecule has 3 heterocycles. The lowest BCUT2D eigenvalue weighted by Crippen LogP contribution is -2.57. The highest BCUT2D eigenvalue weighted by atomic mass is 32.1. The van der Waals surface area contributed by atoms with Crippen LogP contribution >= 0.6 is 11.3 Å². The first-order valence-electron chi connectivity index (χ1n) is 9.86. The second kappa shape index (κ2) is 8.41. The average molecular weight is 439 g/mol. The van der Waals surface area contributed by atoms with Gasteiger partial charge in [0.25, 0.3) is 11.8 Å². The van der Waals surface area contributed by atoms with Gasteiger partial charge < -0.3 is 20.7 Å². The van der Waals surface area contributed by atoms with E-state index in [2.05, 4.69) is 21.9 Å². The predicted octanol–water partition coefficient (Wildman–Crippen LogP) is 2.10. The normalized spacial score (nSPS) is 20.3. The zero-order valence-electron chi connectivity index (χ0n) is 17.0. The number of rotatable bonds is 5. The van der Waals surface area contributed by atoms with Crippen LogP contribution < -0.4 is 20.9 Å². The number of carbonyl (C=O) groups is 3. The number of anilines is 2. The Balaban J connectivity index is 1.50. The molecule has 31 heavy (non-hydrogen) atoms. The molecule has 1 aromatic heterocycles. The van der Waals surface area contributed by atoms with E-state index in [0.29, 0.717) is 41.6 Å². The van der Waals surface area contributed by atoms with Crippen molar-refractivity contribution >= 4 is 40.6 Å². The number of nitrogens with zero attached hydrogens (tertiary/aromatic N) is 1. The monoisotopic (exact) mass is 438 g/mol. The van der Waals surface area contributed by atoms with E-state index in [4.69, 9.17) is 11.2 Å². The Morgan fingerprint density at radius 3 is 2.77 bits per heavy atom. The second-order valence-electron chi connectivity index (χ2n) is 7.49. The maximum Gasteiger partial charge on any atom is 0.322 e. The van der Waals surface area contributed by atoms with Gasteiger partial charge in [-0.2, -0.15) is 0 Å². The number of aryl methyl sites for hydroxylation is 1. The number of nitrogens with one attached hydrogen (secondary N) is 3. The van der Waals surface area contributed by atoms with Crippen molar-refractivity contribution < 1.29 is 19.1 Å². The van der Waals surface area contributed by atoms with Gasteiger partial charge in [-0.3, -0.25) is 14.5 Å². The SMILES string of the molecule is C#Cc1ccc(C(=O)NC2(C(=O)Nc3ccc(N4CCNC4=O)c(C)c3)CCOC2)s1. The van der Waals surface area contributed by atoms with Crippen LogP contribution in [0.3, 0.4) is 0 Å². The lowest BCUT2D eigenvalue weighted by Gasteiger charge is -2.27. The maximum atomic E-state index is 13.2. The van der Waals surface area contributed by atoms with Crippen LogP contribution in [0.2, 0.25) is 0 Å². The zero-order chi connectivity index (χ0) is 22.0. The van der Waals surface area contributed by atoms with Crippen LogP contribution in [0.15, 0.2) is 30.3 Å². The first-order valence-corrected chi connectivity index (χ1v) is 10.7. The van der Waals surface area contributed by atoms with Gasteiger partial charge in [-0.15, -0.1) is 17.8 Å². The molecular weight excluding hydrogens is 416 g/mol. The highest BCUT2D eigenvalue weighted by molar-refractivity contribution is 7.14. The third-order valence-electron chi connectivity index (χ3n) is 5.38. The summed E-state index contributed by atoms with van der Waals surface area (Å²) in [5.41, 5.74) is 1.06. The highest BCUT2D eigenvalue weighted by Gasteiger charge is 2.44. The van der Waals surface area contributed by atoms with Gasteiger partial charge >= 0.3 is 6.03 Å². The van der Waals surface area contributed by atoms with Gasteiger partial charge in [-0.1, -0.05) is 5.92 Å². The van der Waals surface area contributed by atoms with E-state index < -0.39 is 5.54 Å². The molecule has 4 rings (SSSR count).